The first-order valence-electron chi connectivity index (χ1n) is 13.1. The van der Waals surface area contributed by atoms with Crippen LogP contribution in [0.1, 0.15) is 59.2 Å². The van der Waals surface area contributed by atoms with E-state index in [2.05, 4.69) is 23.1 Å². The predicted octanol–water partition coefficient (Wildman–Crippen LogP) is 4.72. The van der Waals surface area contributed by atoms with E-state index in [0.29, 0.717) is 12.5 Å². The molecule has 2 fully saturated rings. The minimum Gasteiger partial charge on any atom is -0.491 e. The highest BCUT2D eigenvalue weighted by molar-refractivity contribution is 5.94. The van der Waals surface area contributed by atoms with Gasteiger partial charge in [0.1, 0.15) is 12.4 Å². The first kappa shape index (κ1) is 23.4. The Morgan fingerprint density at radius 3 is 2.65 bits per heavy atom. The standard InChI is InChI=1S/C29H38N2O3/c1-30(29(32)24-10-12-27(13-11-24)34-21-28-5-4-16-33-28)19-22-6-8-26-18-23(7-9-25(26)17-22)20-31-14-2-3-15-31/h7,9-13,18,22,28H,2-6,8,14-17,19-21H2,1H3/t22-,28-/m0/s1. The Balaban J connectivity index is 1.11. The van der Waals surface area contributed by atoms with Crippen molar-refractivity contribution in [3.8, 4) is 5.75 Å². The number of amides is 1. The van der Waals surface area contributed by atoms with Gasteiger partial charge in [0.2, 0.25) is 0 Å². The summed E-state index contributed by atoms with van der Waals surface area (Å²) in [6.45, 7) is 5.78. The second kappa shape index (κ2) is 10.9. The van der Waals surface area contributed by atoms with E-state index in [9.17, 15) is 4.79 Å². The molecule has 5 nitrogen and oxygen atoms in total. The van der Waals surface area contributed by atoms with Crippen LogP contribution in [0.5, 0.6) is 5.75 Å². The molecule has 0 bridgehead atoms. The van der Waals surface area contributed by atoms with Gasteiger partial charge in [0, 0.05) is 32.3 Å². The highest BCUT2D eigenvalue weighted by atomic mass is 16.5. The molecule has 3 aliphatic rings. The Bertz CT molecular complexity index is 962. The van der Waals surface area contributed by atoms with Gasteiger partial charge in [-0.05, 0) is 105 Å². The lowest BCUT2D eigenvalue weighted by atomic mass is 9.83. The molecule has 34 heavy (non-hydrogen) atoms. The maximum Gasteiger partial charge on any atom is 0.253 e. The van der Waals surface area contributed by atoms with Crippen molar-refractivity contribution in [3.05, 3.63) is 64.7 Å². The van der Waals surface area contributed by atoms with Crippen molar-refractivity contribution < 1.29 is 14.3 Å². The summed E-state index contributed by atoms with van der Waals surface area (Å²) in [5.74, 6) is 1.39. The first-order valence-corrected chi connectivity index (χ1v) is 13.1. The third-order valence-corrected chi connectivity index (χ3v) is 7.65. The van der Waals surface area contributed by atoms with Gasteiger partial charge in [0.25, 0.3) is 5.91 Å². The summed E-state index contributed by atoms with van der Waals surface area (Å²) in [5, 5.41) is 0. The molecule has 0 unspecified atom stereocenters. The van der Waals surface area contributed by atoms with Gasteiger partial charge in [0.05, 0.1) is 6.10 Å². The number of carbonyl (C=O) groups is 1. The van der Waals surface area contributed by atoms with E-state index in [1.54, 1.807) is 0 Å². The Morgan fingerprint density at radius 2 is 1.88 bits per heavy atom. The molecule has 1 amide bonds. The zero-order valence-corrected chi connectivity index (χ0v) is 20.5. The number of hydrogen-bond donors (Lipinski definition) is 0. The van der Waals surface area contributed by atoms with Gasteiger partial charge in [-0.1, -0.05) is 18.2 Å². The number of hydrogen-bond acceptors (Lipinski definition) is 4. The quantitative estimate of drug-likeness (QED) is 0.569. The smallest absolute Gasteiger partial charge is 0.253 e. The number of rotatable bonds is 8. The third kappa shape index (κ3) is 5.81. The van der Waals surface area contributed by atoms with E-state index < -0.39 is 0 Å². The van der Waals surface area contributed by atoms with Crippen LogP contribution in [0.4, 0.5) is 0 Å². The number of ether oxygens (including phenoxy) is 2. The van der Waals surface area contributed by atoms with E-state index in [0.717, 1.165) is 63.1 Å². The summed E-state index contributed by atoms with van der Waals surface area (Å²) >= 11 is 0. The average Bonchev–Trinajstić information content (AvgIpc) is 3.57. The largest absolute Gasteiger partial charge is 0.491 e. The molecule has 2 aromatic carbocycles. The molecule has 2 atom stereocenters. The van der Waals surface area contributed by atoms with Crippen LogP contribution in [-0.4, -0.2) is 61.7 Å². The molecule has 0 radical (unpaired) electrons. The summed E-state index contributed by atoms with van der Waals surface area (Å²) < 4.78 is 11.4. The van der Waals surface area contributed by atoms with Crippen LogP contribution >= 0.6 is 0 Å². The second-order valence-electron chi connectivity index (χ2n) is 10.4. The van der Waals surface area contributed by atoms with Crippen LogP contribution in [0.25, 0.3) is 0 Å². The lowest BCUT2D eigenvalue weighted by molar-refractivity contribution is 0.0679. The van der Waals surface area contributed by atoms with Gasteiger partial charge in [-0.2, -0.15) is 0 Å². The molecule has 2 aliphatic heterocycles. The van der Waals surface area contributed by atoms with Crippen LogP contribution in [-0.2, 0) is 24.1 Å². The van der Waals surface area contributed by atoms with Gasteiger partial charge in [-0.25, -0.2) is 0 Å². The molecule has 182 valence electrons. The van der Waals surface area contributed by atoms with Crippen LogP contribution in [0.3, 0.4) is 0 Å². The minimum atomic E-state index is 0.0810. The second-order valence-corrected chi connectivity index (χ2v) is 10.4. The summed E-state index contributed by atoms with van der Waals surface area (Å²) in [6.07, 6.45) is 8.38. The van der Waals surface area contributed by atoms with Gasteiger partial charge < -0.3 is 14.4 Å². The Labute approximate surface area is 204 Å². The maximum atomic E-state index is 13.0. The summed E-state index contributed by atoms with van der Waals surface area (Å²) in [4.78, 5) is 17.5. The van der Waals surface area contributed by atoms with E-state index in [1.165, 1.54) is 42.6 Å². The third-order valence-electron chi connectivity index (χ3n) is 7.65. The minimum absolute atomic E-state index is 0.0810. The highest BCUT2D eigenvalue weighted by Crippen LogP contribution is 2.28. The molecule has 1 aliphatic carbocycles. The number of benzene rings is 2. The van der Waals surface area contributed by atoms with Crippen molar-refractivity contribution in [2.24, 2.45) is 5.92 Å². The van der Waals surface area contributed by atoms with Gasteiger partial charge >= 0.3 is 0 Å². The van der Waals surface area contributed by atoms with E-state index in [-0.39, 0.29) is 12.0 Å². The van der Waals surface area contributed by atoms with E-state index in [4.69, 9.17) is 9.47 Å². The number of carbonyl (C=O) groups excluding carboxylic acids is 1. The summed E-state index contributed by atoms with van der Waals surface area (Å²) in [7, 11) is 1.93. The number of aryl methyl sites for hydroxylation is 1. The van der Waals surface area contributed by atoms with Crippen molar-refractivity contribution in [2.75, 3.05) is 39.9 Å². The van der Waals surface area contributed by atoms with Gasteiger partial charge in [-0.15, -0.1) is 0 Å². The number of likely N-dealkylation sites (tertiary alicyclic amines) is 1. The summed E-state index contributed by atoms with van der Waals surface area (Å²) in [5.41, 5.74) is 5.15. The molecule has 5 rings (SSSR count). The Kier molecular flexibility index (Phi) is 7.51. The SMILES string of the molecule is CN(C[C@H]1CCc2cc(CN3CCCC3)ccc2C1)C(=O)c1ccc(OC[C@@H]2CCCO2)cc1. The summed E-state index contributed by atoms with van der Waals surface area (Å²) in [6, 6.07) is 14.6. The molecule has 0 saturated carbocycles. The average molecular weight is 463 g/mol. The van der Waals surface area contributed by atoms with E-state index in [1.807, 2.05) is 36.2 Å². The topological polar surface area (TPSA) is 42.0 Å². The Morgan fingerprint density at radius 1 is 1.06 bits per heavy atom. The van der Waals surface area contributed by atoms with Crippen molar-refractivity contribution in [3.63, 3.8) is 0 Å². The fraction of sp³-hybridized carbons (Fsp3) is 0.552. The molecule has 5 heteroatoms. The number of fused-ring (bicyclic) bond motifs is 1. The molecule has 0 N–H and O–H groups in total. The fourth-order valence-corrected chi connectivity index (χ4v) is 5.69. The zero-order valence-electron chi connectivity index (χ0n) is 20.5. The van der Waals surface area contributed by atoms with Gasteiger partial charge in [-0.3, -0.25) is 9.69 Å². The van der Waals surface area contributed by atoms with Gasteiger partial charge in [0.15, 0.2) is 0 Å². The van der Waals surface area contributed by atoms with Crippen LogP contribution in [0.2, 0.25) is 0 Å². The predicted molar refractivity (Wildman–Crippen MR) is 134 cm³/mol. The van der Waals surface area contributed by atoms with Crippen molar-refractivity contribution in [1.82, 2.24) is 9.80 Å². The van der Waals surface area contributed by atoms with Crippen molar-refractivity contribution >= 4 is 5.91 Å². The molecule has 2 heterocycles. The monoisotopic (exact) mass is 462 g/mol. The first-order chi connectivity index (χ1) is 16.6. The molecule has 0 aromatic heterocycles. The van der Waals surface area contributed by atoms with Crippen LogP contribution in [0, 0.1) is 5.92 Å². The zero-order chi connectivity index (χ0) is 23.3. The van der Waals surface area contributed by atoms with Crippen molar-refractivity contribution in [1.29, 1.82) is 0 Å². The highest BCUT2D eigenvalue weighted by Gasteiger charge is 2.23. The number of nitrogens with zero attached hydrogens (tertiary/aromatic N) is 2. The van der Waals surface area contributed by atoms with Crippen LogP contribution < -0.4 is 4.74 Å². The van der Waals surface area contributed by atoms with E-state index >= 15 is 0 Å². The normalized spacial score (nSPS) is 22.5. The molecule has 2 saturated heterocycles. The Hall–Kier alpha value is -2.37. The lowest BCUT2D eigenvalue weighted by Gasteiger charge is -2.29. The molecule has 0 spiro atoms. The lowest BCUT2D eigenvalue weighted by Crippen LogP contribution is -2.34. The maximum absolute atomic E-state index is 13.0. The van der Waals surface area contributed by atoms with Crippen LogP contribution in [0.15, 0.2) is 42.5 Å². The molecular weight excluding hydrogens is 424 g/mol. The molecule has 2 aromatic rings. The van der Waals surface area contributed by atoms with Crippen molar-refractivity contribution in [2.45, 2.75) is 57.6 Å². The molecular formula is C29H38N2O3. The fourth-order valence-electron chi connectivity index (χ4n) is 5.69.